The molecule has 0 aliphatic heterocycles. The molecule has 0 atom stereocenters. The highest BCUT2D eigenvalue weighted by atomic mass is 32.1. The maximum Gasteiger partial charge on any atom is 0.158 e. The highest BCUT2D eigenvalue weighted by Crippen LogP contribution is 2.40. The van der Waals surface area contributed by atoms with Crippen LogP contribution in [0, 0.1) is 5.82 Å². The highest BCUT2D eigenvalue weighted by molar-refractivity contribution is 7.19. The third-order valence-corrected chi connectivity index (χ3v) is 7.22. The molecule has 3 heterocycles. The quantitative estimate of drug-likeness (QED) is 0.385. The maximum absolute atomic E-state index is 15.6. The molecule has 31 heavy (non-hydrogen) atoms. The van der Waals surface area contributed by atoms with E-state index in [9.17, 15) is 10.2 Å². The van der Waals surface area contributed by atoms with Crippen LogP contribution in [0.2, 0.25) is 0 Å². The van der Waals surface area contributed by atoms with E-state index in [0.717, 1.165) is 37.8 Å². The molecular weight excluding hydrogens is 433 g/mol. The number of thiazole rings is 1. The third kappa shape index (κ3) is 4.68. The Morgan fingerprint density at radius 3 is 2.58 bits per heavy atom. The standard InChI is InChI=1S/C23H24FN3O2S2/c1-2-20-26-22-21(24)17(12-18(23(22)31-20)19-5-3-4-6-25-19)15-11-16(30-14-15)13-27(7-9-28)8-10-29/h3-6,11-12,14,28-29H,2,7-10,13H2,1H3. The summed E-state index contributed by atoms with van der Waals surface area (Å²) in [6.45, 7) is 3.64. The second-order valence-corrected chi connectivity index (χ2v) is 9.24. The van der Waals surface area contributed by atoms with Crippen molar-refractivity contribution in [1.82, 2.24) is 14.9 Å². The number of aliphatic hydroxyl groups is 2. The second kappa shape index (κ2) is 9.93. The summed E-state index contributed by atoms with van der Waals surface area (Å²) in [5.74, 6) is -0.308. The predicted molar refractivity (Wildman–Crippen MR) is 125 cm³/mol. The molecule has 162 valence electrons. The number of aliphatic hydroxyl groups excluding tert-OH is 2. The summed E-state index contributed by atoms with van der Waals surface area (Å²) in [5, 5.41) is 21.3. The molecule has 0 radical (unpaired) electrons. The van der Waals surface area contributed by atoms with Crippen molar-refractivity contribution in [2.45, 2.75) is 19.9 Å². The Labute approximate surface area is 188 Å². The van der Waals surface area contributed by atoms with E-state index in [1.807, 2.05) is 47.5 Å². The maximum atomic E-state index is 15.6. The number of rotatable bonds is 9. The highest BCUT2D eigenvalue weighted by Gasteiger charge is 2.20. The van der Waals surface area contributed by atoms with Crippen LogP contribution in [0.15, 0.2) is 41.9 Å². The average Bonchev–Trinajstić information content (AvgIpc) is 3.43. The van der Waals surface area contributed by atoms with Gasteiger partial charge in [0.1, 0.15) is 5.52 Å². The molecule has 0 saturated carbocycles. The van der Waals surface area contributed by atoms with Crippen LogP contribution in [-0.4, -0.2) is 51.4 Å². The minimum atomic E-state index is -0.308. The summed E-state index contributed by atoms with van der Waals surface area (Å²) in [6, 6.07) is 9.58. The van der Waals surface area contributed by atoms with Crippen molar-refractivity contribution in [1.29, 1.82) is 0 Å². The lowest BCUT2D eigenvalue weighted by molar-refractivity contribution is 0.157. The second-order valence-electron chi connectivity index (χ2n) is 7.16. The molecule has 0 fully saturated rings. The van der Waals surface area contributed by atoms with Gasteiger partial charge in [0.05, 0.1) is 28.6 Å². The summed E-state index contributed by atoms with van der Waals surface area (Å²) in [7, 11) is 0. The summed E-state index contributed by atoms with van der Waals surface area (Å²) < 4.78 is 16.4. The Morgan fingerprint density at radius 1 is 1.10 bits per heavy atom. The fourth-order valence-electron chi connectivity index (χ4n) is 3.55. The van der Waals surface area contributed by atoms with E-state index in [0.29, 0.717) is 30.7 Å². The summed E-state index contributed by atoms with van der Waals surface area (Å²) in [6.07, 6.45) is 2.50. The smallest absolute Gasteiger partial charge is 0.158 e. The van der Waals surface area contributed by atoms with Crippen LogP contribution in [0.3, 0.4) is 0 Å². The molecule has 8 heteroatoms. The van der Waals surface area contributed by atoms with Crippen LogP contribution in [0.1, 0.15) is 16.8 Å². The van der Waals surface area contributed by atoms with Crippen LogP contribution in [0.4, 0.5) is 4.39 Å². The SMILES string of the molecule is CCc1nc2c(F)c(-c3csc(CN(CCO)CCO)c3)cc(-c3ccccn3)c2s1. The van der Waals surface area contributed by atoms with E-state index in [1.54, 1.807) is 17.5 Å². The van der Waals surface area contributed by atoms with E-state index in [4.69, 9.17) is 0 Å². The molecule has 4 aromatic rings. The lowest BCUT2D eigenvalue weighted by Crippen LogP contribution is -2.28. The first-order chi connectivity index (χ1) is 15.1. The van der Waals surface area contributed by atoms with Gasteiger partial charge in [-0.2, -0.15) is 0 Å². The van der Waals surface area contributed by atoms with E-state index >= 15 is 4.39 Å². The number of benzene rings is 1. The van der Waals surface area contributed by atoms with Crippen LogP contribution in [0.5, 0.6) is 0 Å². The van der Waals surface area contributed by atoms with Gasteiger partial charge in [0.15, 0.2) is 5.82 Å². The minimum Gasteiger partial charge on any atom is -0.395 e. The fourth-order valence-corrected chi connectivity index (χ4v) is 5.50. The summed E-state index contributed by atoms with van der Waals surface area (Å²) in [4.78, 5) is 12.1. The molecule has 0 aliphatic carbocycles. The fraction of sp³-hybridized carbons (Fsp3) is 0.304. The molecule has 0 unspecified atom stereocenters. The van der Waals surface area contributed by atoms with Gasteiger partial charge in [-0.3, -0.25) is 9.88 Å². The van der Waals surface area contributed by atoms with Gasteiger partial charge >= 0.3 is 0 Å². The van der Waals surface area contributed by atoms with Crippen molar-refractivity contribution < 1.29 is 14.6 Å². The van der Waals surface area contributed by atoms with Crippen molar-refractivity contribution in [2.75, 3.05) is 26.3 Å². The molecule has 4 rings (SSSR count). The van der Waals surface area contributed by atoms with Gasteiger partial charge in [-0.05, 0) is 41.6 Å². The normalized spacial score (nSPS) is 11.6. The number of hydrogen-bond acceptors (Lipinski definition) is 7. The number of halogens is 1. The first kappa shape index (κ1) is 22.0. The Hall–Kier alpha value is -2.23. The number of pyridine rings is 1. The first-order valence-corrected chi connectivity index (χ1v) is 11.9. The van der Waals surface area contributed by atoms with E-state index in [1.165, 1.54) is 11.3 Å². The molecule has 0 amide bonds. The zero-order chi connectivity index (χ0) is 21.8. The van der Waals surface area contributed by atoms with Gasteiger partial charge in [-0.1, -0.05) is 13.0 Å². The molecule has 2 N–H and O–H groups in total. The van der Waals surface area contributed by atoms with E-state index in [2.05, 4.69) is 9.97 Å². The van der Waals surface area contributed by atoms with Gasteiger partial charge in [0.25, 0.3) is 0 Å². The van der Waals surface area contributed by atoms with Crippen molar-refractivity contribution in [2.24, 2.45) is 0 Å². The van der Waals surface area contributed by atoms with Crippen LogP contribution < -0.4 is 0 Å². The van der Waals surface area contributed by atoms with E-state index < -0.39 is 0 Å². The third-order valence-electron chi connectivity index (χ3n) is 5.07. The molecule has 0 aliphatic rings. The number of hydrogen-bond donors (Lipinski definition) is 2. The minimum absolute atomic E-state index is 0.0283. The lowest BCUT2D eigenvalue weighted by atomic mass is 10.0. The number of fused-ring (bicyclic) bond motifs is 1. The molecule has 0 spiro atoms. The zero-order valence-electron chi connectivity index (χ0n) is 17.2. The van der Waals surface area contributed by atoms with Gasteiger partial charge in [0, 0.05) is 41.8 Å². The number of aromatic nitrogens is 2. The van der Waals surface area contributed by atoms with E-state index in [-0.39, 0.29) is 19.0 Å². The lowest BCUT2D eigenvalue weighted by Gasteiger charge is -2.18. The Balaban J connectivity index is 1.78. The summed E-state index contributed by atoms with van der Waals surface area (Å²) in [5.41, 5.74) is 3.40. The molecule has 0 saturated heterocycles. The molecule has 1 aromatic carbocycles. The molecule has 3 aromatic heterocycles. The van der Waals surface area contributed by atoms with Gasteiger partial charge in [-0.15, -0.1) is 22.7 Å². The largest absolute Gasteiger partial charge is 0.395 e. The molecule has 5 nitrogen and oxygen atoms in total. The van der Waals surface area contributed by atoms with Gasteiger partial charge < -0.3 is 10.2 Å². The average molecular weight is 458 g/mol. The first-order valence-electron chi connectivity index (χ1n) is 10.2. The predicted octanol–water partition coefficient (Wildman–Crippen LogP) is 4.57. The van der Waals surface area contributed by atoms with Crippen molar-refractivity contribution in [3.8, 4) is 22.4 Å². The Morgan fingerprint density at radius 2 is 1.90 bits per heavy atom. The topological polar surface area (TPSA) is 69.5 Å². The van der Waals surface area contributed by atoms with Crippen LogP contribution in [-0.2, 0) is 13.0 Å². The van der Waals surface area contributed by atoms with Gasteiger partial charge in [0.2, 0.25) is 0 Å². The molecule has 0 bridgehead atoms. The van der Waals surface area contributed by atoms with Crippen LogP contribution in [0.25, 0.3) is 32.6 Å². The van der Waals surface area contributed by atoms with Crippen molar-refractivity contribution in [3.63, 3.8) is 0 Å². The van der Waals surface area contributed by atoms with Gasteiger partial charge in [-0.25, -0.2) is 9.37 Å². The van der Waals surface area contributed by atoms with Crippen LogP contribution >= 0.6 is 22.7 Å². The summed E-state index contributed by atoms with van der Waals surface area (Å²) >= 11 is 3.06. The number of nitrogens with zero attached hydrogens (tertiary/aromatic N) is 3. The van der Waals surface area contributed by atoms with Crippen molar-refractivity contribution >= 4 is 32.9 Å². The van der Waals surface area contributed by atoms with Crippen molar-refractivity contribution in [3.05, 3.63) is 57.6 Å². The Kier molecular flexibility index (Phi) is 7.04. The molecular formula is C23H24FN3O2S2. The zero-order valence-corrected chi connectivity index (χ0v) is 18.8. The monoisotopic (exact) mass is 457 g/mol. The number of thiophene rings is 1. The Bertz CT molecular complexity index is 1150. The number of aryl methyl sites for hydroxylation is 1.